The van der Waals surface area contributed by atoms with Crippen molar-refractivity contribution in [2.45, 2.75) is 39.7 Å². The monoisotopic (exact) mass is 324 g/mol. The van der Waals surface area contributed by atoms with Gasteiger partial charge in [0.1, 0.15) is 0 Å². The van der Waals surface area contributed by atoms with Gasteiger partial charge >= 0.3 is 0 Å². The highest BCUT2D eigenvalue weighted by Gasteiger charge is 2.13. The Morgan fingerprint density at radius 1 is 1.41 bits per heavy atom. The van der Waals surface area contributed by atoms with Crippen LogP contribution < -0.4 is 10.0 Å². The van der Waals surface area contributed by atoms with Crippen LogP contribution >= 0.6 is 0 Å². The summed E-state index contributed by atoms with van der Waals surface area (Å²) >= 11 is 0. The summed E-state index contributed by atoms with van der Waals surface area (Å²) in [6.45, 7) is 9.22. The standard InChI is InChI=1S/C16H24N2O3S/c1-5-7-10-22(20,21)18-15-9-8-14(11-12(15)3)16(19)17-13(4)6-2/h5,8-9,11,13,18H,1,6-7,10H2,2-4H3,(H,17,19)/t13-/m1/s1. The van der Waals surface area contributed by atoms with Crippen LogP contribution in [0, 0.1) is 6.92 Å². The number of allylic oxidation sites excluding steroid dienone is 1. The fourth-order valence-electron chi connectivity index (χ4n) is 1.79. The number of aryl methyl sites for hydroxylation is 1. The average Bonchev–Trinajstić information content (AvgIpc) is 2.46. The molecule has 0 saturated heterocycles. The zero-order chi connectivity index (χ0) is 16.8. The van der Waals surface area contributed by atoms with Crippen LogP contribution in [0.1, 0.15) is 42.6 Å². The van der Waals surface area contributed by atoms with Crippen LogP contribution in [0.3, 0.4) is 0 Å². The molecule has 0 unspecified atom stereocenters. The predicted molar refractivity (Wildman–Crippen MR) is 90.6 cm³/mol. The van der Waals surface area contributed by atoms with Gasteiger partial charge in [0.05, 0.1) is 11.4 Å². The van der Waals surface area contributed by atoms with E-state index in [1.165, 1.54) is 0 Å². The van der Waals surface area contributed by atoms with E-state index in [1.54, 1.807) is 31.2 Å². The first-order chi connectivity index (χ1) is 10.3. The van der Waals surface area contributed by atoms with Gasteiger partial charge in [-0.25, -0.2) is 8.42 Å². The van der Waals surface area contributed by atoms with E-state index in [9.17, 15) is 13.2 Å². The number of benzene rings is 1. The number of carbonyl (C=O) groups is 1. The molecule has 1 atom stereocenters. The number of sulfonamides is 1. The van der Waals surface area contributed by atoms with Gasteiger partial charge in [-0.05, 0) is 50.5 Å². The molecule has 0 radical (unpaired) electrons. The highest BCUT2D eigenvalue weighted by Crippen LogP contribution is 2.18. The quantitative estimate of drug-likeness (QED) is 0.722. The molecular formula is C16H24N2O3S. The van der Waals surface area contributed by atoms with E-state index >= 15 is 0 Å². The summed E-state index contributed by atoms with van der Waals surface area (Å²) < 4.78 is 26.3. The lowest BCUT2D eigenvalue weighted by Crippen LogP contribution is -2.31. The van der Waals surface area contributed by atoms with E-state index in [4.69, 9.17) is 0 Å². The number of nitrogens with one attached hydrogen (secondary N) is 2. The van der Waals surface area contributed by atoms with E-state index in [2.05, 4.69) is 16.6 Å². The minimum atomic E-state index is -3.40. The molecule has 122 valence electrons. The van der Waals surface area contributed by atoms with Gasteiger partial charge in [-0.2, -0.15) is 0 Å². The highest BCUT2D eigenvalue weighted by atomic mass is 32.2. The highest BCUT2D eigenvalue weighted by molar-refractivity contribution is 7.92. The first kappa shape index (κ1) is 18.2. The van der Waals surface area contributed by atoms with Crippen LogP contribution in [-0.2, 0) is 10.0 Å². The van der Waals surface area contributed by atoms with Gasteiger partial charge < -0.3 is 5.32 Å². The molecule has 5 nitrogen and oxygen atoms in total. The Morgan fingerprint density at radius 2 is 2.09 bits per heavy atom. The molecule has 0 aliphatic carbocycles. The Bertz CT molecular complexity index is 639. The molecule has 0 fully saturated rings. The van der Waals surface area contributed by atoms with E-state index in [-0.39, 0.29) is 17.7 Å². The van der Waals surface area contributed by atoms with E-state index in [1.807, 2.05) is 13.8 Å². The smallest absolute Gasteiger partial charge is 0.251 e. The summed E-state index contributed by atoms with van der Waals surface area (Å²) in [4.78, 5) is 12.0. The maximum Gasteiger partial charge on any atom is 0.251 e. The second-order valence-electron chi connectivity index (χ2n) is 5.31. The van der Waals surface area contributed by atoms with E-state index < -0.39 is 10.0 Å². The first-order valence-electron chi connectivity index (χ1n) is 7.32. The molecular weight excluding hydrogens is 300 g/mol. The van der Waals surface area contributed by atoms with Crippen molar-refractivity contribution in [2.75, 3.05) is 10.5 Å². The third-order valence-electron chi connectivity index (χ3n) is 3.33. The zero-order valence-electron chi connectivity index (χ0n) is 13.3. The Labute approximate surface area is 132 Å². The van der Waals surface area contributed by atoms with Crippen molar-refractivity contribution >= 4 is 21.6 Å². The zero-order valence-corrected chi connectivity index (χ0v) is 14.2. The molecule has 1 rings (SSSR count). The Hall–Kier alpha value is -1.82. The molecule has 6 heteroatoms. The van der Waals surface area contributed by atoms with Crippen LogP contribution in [0.15, 0.2) is 30.9 Å². The van der Waals surface area contributed by atoms with Gasteiger partial charge in [0, 0.05) is 11.6 Å². The SMILES string of the molecule is C=CCCS(=O)(=O)Nc1ccc(C(=O)N[C@H](C)CC)cc1C. The molecule has 2 N–H and O–H groups in total. The molecule has 1 aromatic rings. The molecule has 0 spiro atoms. The van der Waals surface area contributed by atoms with Gasteiger partial charge in [-0.1, -0.05) is 13.0 Å². The largest absolute Gasteiger partial charge is 0.350 e. The predicted octanol–water partition coefficient (Wildman–Crippen LogP) is 2.84. The van der Waals surface area contributed by atoms with Crippen LogP contribution in [0.5, 0.6) is 0 Å². The van der Waals surface area contributed by atoms with Crippen molar-refractivity contribution in [3.05, 3.63) is 42.0 Å². The number of hydrogen-bond acceptors (Lipinski definition) is 3. The maximum absolute atomic E-state index is 12.0. The molecule has 0 heterocycles. The molecule has 1 aromatic carbocycles. The lowest BCUT2D eigenvalue weighted by Gasteiger charge is -2.14. The fourth-order valence-corrected chi connectivity index (χ4v) is 2.93. The minimum Gasteiger partial charge on any atom is -0.350 e. The van der Waals surface area contributed by atoms with Crippen LogP contribution in [0.2, 0.25) is 0 Å². The Balaban J connectivity index is 2.86. The minimum absolute atomic E-state index is 0.00775. The Kier molecular flexibility index (Phi) is 6.61. The van der Waals surface area contributed by atoms with Crippen molar-refractivity contribution < 1.29 is 13.2 Å². The van der Waals surface area contributed by atoms with E-state index in [0.717, 1.165) is 6.42 Å². The van der Waals surface area contributed by atoms with E-state index in [0.29, 0.717) is 23.2 Å². The molecule has 0 aliphatic rings. The molecule has 0 aromatic heterocycles. The Morgan fingerprint density at radius 3 is 2.64 bits per heavy atom. The molecule has 0 aliphatic heterocycles. The van der Waals surface area contributed by atoms with Gasteiger partial charge in [0.15, 0.2) is 0 Å². The summed E-state index contributed by atoms with van der Waals surface area (Å²) in [5.74, 6) is -0.162. The molecule has 1 amide bonds. The van der Waals surface area contributed by atoms with Crippen LogP contribution in [0.4, 0.5) is 5.69 Å². The van der Waals surface area contributed by atoms with Gasteiger partial charge in [0.25, 0.3) is 5.91 Å². The average molecular weight is 324 g/mol. The molecule has 0 saturated carbocycles. The van der Waals surface area contributed by atoms with Crippen molar-refractivity contribution in [2.24, 2.45) is 0 Å². The number of rotatable bonds is 8. The summed E-state index contributed by atoms with van der Waals surface area (Å²) in [5, 5.41) is 2.88. The van der Waals surface area contributed by atoms with Crippen molar-refractivity contribution in [3.63, 3.8) is 0 Å². The third-order valence-corrected chi connectivity index (χ3v) is 4.64. The van der Waals surface area contributed by atoms with Crippen LogP contribution in [0.25, 0.3) is 0 Å². The summed E-state index contributed by atoms with van der Waals surface area (Å²) in [6, 6.07) is 5.02. The van der Waals surface area contributed by atoms with Gasteiger partial charge in [0.2, 0.25) is 10.0 Å². The second kappa shape index (κ2) is 7.98. The summed E-state index contributed by atoms with van der Waals surface area (Å²) in [7, 11) is -3.40. The first-order valence-corrected chi connectivity index (χ1v) is 8.97. The number of carbonyl (C=O) groups excluding carboxylic acids is 1. The maximum atomic E-state index is 12.0. The second-order valence-corrected chi connectivity index (χ2v) is 7.15. The molecule has 22 heavy (non-hydrogen) atoms. The third kappa shape index (κ3) is 5.52. The summed E-state index contributed by atoms with van der Waals surface area (Å²) in [6.07, 6.45) is 2.81. The van der Waals surface area contributed by atoms with Gasteiger partial charge in [-0.3, -0.25) is 9.52 Å². The van der Waals surface area contributed by atoms with Gasteiger partial charge in [-0.15, -0.1) is 6.58 Å². The lowest BCUT2D eigenvalue weighted by atomic mass is 10.1. The van der Waals surface area contributed by atoms with Crippen LogP contribution in [-0.4, -0.2) is 26.1 Å². The lowest BCUT2D eigenvalue weighted by molar-refractivity contribution is 0.0939. The van der Waals surface area contributed by atoms with Crippen molar-refractivity contribution in [1.82, 2.24) is 5.32 Å². The number of hydrogen-bond donors (Lipinski definition) is 2. The number of amides is 1. The van der Waals surface area contributed by atoms with Crippen molar-refractivity contribution in [1.29, 1.82) is 0 Å². The number of anilines is 1. The molecule has 0 bridgehead atoms. The normalized spacial score (nSPS) is 12.5. The van der Waals surface area contributed by atoms with Crippen molar-refractivity contribution in [3.8, 4) is 0 Å². The fraction of sp³-hybridized carbons (Fsp3) is 0.438. The topological polar surface area (TPSA) is 75.3 Å². The summed E-state index contributed by atoms with van der Waals surface area (Å²) in [5.41, 5.74) is 1.72.